The summed E-state index contributed by atoms with van der Waals surface area (Å²) in [6, 6.07) is 0. The summed E-state index contributed by atoms with van der Waals surface area (Å²) in [5.41, 5.74) is -0.785. The molecule has 0 spiro atoms. The molecular weight excluding hydrogens is 324 g/mol. The van der Waals surface area contributed by atoms with E-state index >= 15 is 0 Å². The zero-order valence-corrected chi connectivity index (χ0v) is 15.1. The molecule has 144 valence electrons. The van der Waals surface area contributed by atoms with Crippen molar-refractivity contribution < 1.29 is 19.7 Å². The number of carbonyl (C=O) groups is 1. The number of amides is 1. The van der Waals surface area contributed by atoms with E-state index < -0.39 is 5.60 Å². The van der Waals surface area contributed by atoms with Gasteiger partial charge in [0.25, 0.3) is 0 Å². The third-order valence-corrected chi connectivity index (χ3v) is 5.55. The van der Waals surface area contributed by atoms with Crippen LogP contribution in [0.25, 0.3) is 0 Å². The molecule has 0 aromatic rings. The van der Waals surface area contributed by atoms with Crippen LogP contribution in [0.2, 0.25) is 0 Å². The number of likely N-dealkylation sites (tertiary alicyclic amines) is 1. The van der Waals surface area contributed by atoms with Crippen LogP contribution < -0.4 is 0 Å². The van der Waals surface area contributed by atoms with Gasteiger partial charge in [0.1, 0.15) is 0 Å². The minimum Gasteiger partial charge on any atom is -0.395 e. The lowest BCUT2D eigenvalue weighted by molar-refractivity contribution is -0.133. The molecule has 8 nitrogen and oxygen atoms in total. The topological polar surface area (TPSA) is 79.7 Å². The molecular formula is C17H32N4O4. The summed E-state index contributed by atoms with van der Waals surface area (Å²) >= 11 is 0. The van der Waals surface area contributed by atoms with Crippen LogP contribution in [0.4, 0.5) is 0 Å². The molecule has 0 aromatic carbocycles. The van der Waals surface area contributed by atoms with Crippen molar-refractivity contribution in [1.29, 1.82) is 0 Å². The Bertz CT molecular complexity index is 438. The molecule has 3 fully saturated rings. The number of hydrogen-bond acceptors (Lipinski definition) is 7. The van der Waals surface area contributed by atoms with Crippen LogP contribution in [0.5, 0.6) is 0 Å². The Labute approximate surface area is 149 Å². The summed E-state index contributed by atoms with van der Waals surface area (Å²) in [7, 11) is 0. The monoisotopic (exact) mass is 356 g/mol. The van der Waals surface area contributed by atoms with Gasteiger partial charge in [-0.1, -0.05) is 0 Å². The maximum atomic E-state index is 12.6. The average Bonchev–Trinajstić information content (AvgIpc) is 3.00. The highest BCUT2D eigenvalue weighted by atomic mass is 16.5. The quantitative estimate of drug-likeness (QED) is 0.564. The van der Waals surface area contributed by atoms with Crippen LogP contribution in [-0.2, 0) is 9.53 Å². The molecule has 0 aromatic heterocycles. The Balaban J connectivity index is 1.41. The zero-order valence-electron chi connectivity index (χ0n) is 15.1. The third-order valence-electron chi connectivity index (χ3n) is 5.55. The van der Waals surface area contributed by atoms with Crippen molar-refractivity contribution in [2.75, 3.05) is 91.8 Å². The summed E-state index contributed by atoms with van der Waals surface area (Å²) in [5.74, 6) is 0.119. The van der Waals surface area contributed by atoms with Crippen LogP contribution in [0.15, 0.2) is 0 Å². The van der Waals surface area contributed by atoms with Gasteiger partial charge in [-0.3, -0.25) is 19.5 Å². The first-order chi connectivity index (χ1) is 12.1. The van der Waals surface area contributed by atoms with Crippen LogP contribution in [0.1, 0.15) is 6.42 Å². The van der Waals surface area contributed by atoms with Gasteiger partial charge in [0.05, 0.1) is 38.5 Å². The summed E-state index contributed by atoms with van der Waals surface area (Å²) in [6.45, 7) is 9.71. The van der Waals surface area contributed by atoms with Gasteiger partial charge < -0.3 is 19.8 Å². The maximum Gasteiger partial charge on any atom is 0.236 e. The van der Waals surface area contributed by atoms with Crippen LogP contribution in [0.3, 0.4) is 0 Å². The molecule has 0 bridgehead atoms. The lowest BCUT2D eigenvalue weighted by Gasteiger charge is -2.35. The third kappa shape index (κ3) is 5.35. The van der Waals surface area contributed by atoms with Gasteiger partial charge in [0.2, 0.25) is 5.91 Å². The number of hydrogen-bond donors (Lipinski definition) is 2. The summed E-state index contributed by atoms with van der Waals surface area (Å²) < 4.78 is 5.35. The number of ether oxygens (including phenoxy) is 1. The van der Waals surface area contributed by atoms with E-state index in [4.69, 9.17) is 9.84 Å². The van der Waals surface area contributed by atoms with E-state index in [-0.39, 0.29) is 12.5 Å². The van der Waals surface area contributed by atoms with Crippen molar-refractivity contribution in [3.8, 4) is 0 Å². The molecule has 3 heterocycles. The molecule has 1 amide bonds. The lowest BCUT2D eigenvalue weighted by atomic mass is 10.0. The first-order valence-electron chi connectivity index (χ1n) is 9.44. The molecule has 3 aliphatic heterocycles. The number of morpholine rings is 1. The van der Waals surface area contributed by atoms with E-state index in [0.29, 0.717) is 39.1 Å². The molecule has 25 heavy (non-hydrogen) atoms. The first-order valence-corrected chi connectivity index (χ1v) is 9.44. The molecule has 3 saturated heterocycles. The van der Waals surface area contributed by atoms with E-state index in [1.165, 1.54) is 0 Å². The number of β-amino-alcohol motifs (C(OH)–C–C–N with tert-alkyl or cyclic N) is 2. The molecule has 0 aliphatic carbocycles. The van der Waals surface area contributed by atoms with Crippen LogP contribution in [0, 0.1) is 0 Å². The van der Waals surface area contributed by atoms with E-state index in [1.54, 1.807) is 0 Å². The average molecular weight is 356 g/mol. The van der Waals surface area contributed by atoms with Crippen molar-refractivity contribution in [2.24, 2.45) is 0 Å². The largest absolute Gasteiger partial charge is 0.395 e. The Morgan fingerprint density at radius 3 is 2.32 bits per heavy atom. The number of aliphatic hydroxyl groups is 2. The van der Waals surface area contributed by atoms with Gasteiger partial charge in [-0.15, -0.1) is 0 Å². The fourth-order valence-electron chi connectivity index (χ4n) is 3.98. The van der Waals surface area contributed by atoms with Gasteiger partial charge in [-0.2, -0.15) is 0 Å². The smallest absolute Gasteiger partial charge is 0.236 e. The minimum atomic E-state index is -0.785. The van der Waals surface area contributed by atoms with Crippen LogP contribution >= 0.6 is 0 Å². The normalized spacial score (nSPS) is 30.1. The van der Waals surface area contributed by atoms with Gasteiger partial charge in [-0.05, 0) is 6.42 Å². The molecule has 3 rings (SSSR count). The van der Waals surface area contributed by atoms with E-state index in [2.05, 4.69) is 14.7 Å². The SMILES string of the molecule is O=C(CN1CCN(CCO)CC1)N1CC[C@](O)(CN2CCOCC2)C1. The molecule has 8 heteroatoms. The van der Waals surface area contributed by atoms with Crippen molar-refractivity contribution in [2.45, 2.75) is 12.0 Å². The molecule has 0 unspecified atom stereocenters. The Morgan fingerprint density at radius 2 is 1.64 bits per heavy atom. The molecule has 3 aliphatic rings. The summed E-state index contributed by atoms with van der Waals surface area (Å²) in [4.78, 5) is 21.0. The molecule has 0 saturated carbocycles. The van der Waals surface area contributed by atoms with Crippen molar-refractivity contribution >= 4 is 5.91 Å². The van der Waals surface area contributed by atoms with Crippen molar-refractivity contribution in [1.82, 2.24) is 19.6 Å². The predicted molar refractivity (Wildman–Crippen MR) is 93.4 cm³/mol. The van der Waals surface area contributed by atoms with Gasteiger partial charge in [0, 0.05) is 58.9 Å². The van der Waals surface area contributed by atoms with Crippen molar-refractivity contribution in [3.05, 3.63) is 0 Å². The standard InChI is InChI=1S/C17H32N4O4/c22-10-7-18-3-5-19(6-4-18)13-16(23)21-2-1-17(24,15-21)14-20-8-11-25-12-9-20/h22,24H,1-15H2/t17-/m0/s1. The molecule has 2 N–H and O–H groups in total. The second-order valence-corrected chi connectivity index (χ2v) is 7.52. The molecule has 1 atom stereocenters. The number of piperazine rings is 1. The lowest BCUT2D eigenvalue weighted by Crippen LogP contribution is -2.51. The highest BCUT2D eigenvalue weighted by Gasteiger charge is 2.39. The summed E-state index contributed by atoms with van der Waals surface area (Å²) in [5, 5.41) is 19.8. The van der Waals surface area contributed by atoms with E-state index in [9.17, 15) is 9.90 Å². The van der Waals surface area contributed by atoms with Crippen LogP contribution in [-0.4, -0.2) is 133 Å². The number of rotatable bonds is 6. The maximum absolute atomic E-state index is 12.6. The zero-order chi connectivity index (χ0) is 17.7. The Kier molecular flexibility index (Phi) is 6.65. The van der Waals surface area contributed by atoms with E-state index in [0.717, 1.165) is 52.5 Å². The van der Waals surface area contributed by atoms with Crippen molar-refractivity contribution in [3.63, 3.8) is 0 Å². The fourth-order valence-corrected chi connectivity index (χ4v) is 3.98. The highest BCUT2D eigenvalue weighted by molar-refractivity contribution is 5.78. The highest BCUT2D eigenvalue weighted by Crippen LogP contribution is 2.23. The molecule has 0 radical (unpaired) electrons. The second kappa shape index (κ2) is 8.75. The fraction of sp³-hybridized carbons (Fsp3) is 0.941. The first kappa shape index (κ1) is 19.0. The second-order valence-electron chi connectivity index (χ2n) is 7.52. The van der Waals surface area contributed by atoms with Gasteiger partial charge in [-0.25, -0.2) is 0 Å². The van der Waals surface area contributed by atoms with E-state index in [1.807, 2.05) is 4.90 Å². The predicted octanol–water partition coefficient (Wildman–Crippen LogP) is -2.11. The van der Waals surface area contributed by atoms with Gasteiger partial charge >= 0.3 is 0 Å². The number of carbonyl (C=O) groups excluding carboxylic acids is 1. The van der Waals surface area contributed by atoms with Gasteiger partial charge in [0.15, 0.2) is 0 Å². The Hall–Kier alpha value is -0.770. The number of aliphatic hydroxyl groups excluding tert-OH is 1. The summed E-state index contributed by atoms with van der Waals surface area (Å²) in [6.07, 6.45) is 0.653. The Morgan fingerprint density at radius 1 is 0.960 bits per heavy atom. The number of nitrogens with zero attached hydrogens (tertiary/aromatic N) is 4. The minimum absolute atomic E-state index is 0.119.